The third-order valence-electron chi connectivity index (χ3n) is 5.60. The molecule has 146 valence electrons. The van der Waals surface area contributed by atoms with Gasteiger partial charge < -0.3 is 19.7 Å². The van der Waals surface area contributed by atoms with Crippen molar-refractivity contribution >= 4 is 0 Å². The lowest BCUT2D eigenvalue weighted by Crippen LogP contribution is -2.35. The van der Waals surface area contributed by atoms with Crippen LogP contribution < -0.4 is 10.1 Å². The predicted octanol–water partition coefficient (Wildman–Crippen LogP) is 3.49. The van der Waals surface area contributed by atoms with Crippen molar-refractivity contribution in [1.29, 1.82) is 0 Å². The maximum Gasteiger partial charge on any atom is 0.126 e. The van der Waals surface area contributed by atoms with Gasteiger partial charge >= 0.3 is 0 Å². The summed E-state index contributed by atoms with van der Waals surface area (Å²) >= 11 is 0. The second-order valence-corrected chi connectivity index (χ2v) is 7.55. The van der Waals surface area contributed by atoms with E-state index in [1.165, 1.54) is 5.56 Å². The fourth-order valence-electron chi connectivity index (χ4n) is 4.11. The number of aliphatic hydroxyl groups excluding tert-OH is 1. The molecule has 0 radical (unpaired) electrons. The number of imidazole rings is 1. The average molecular weight is 377 g/mol. The number of nitrogens with zero attached hydrogens (tertiary/aromatic N) is 2. The van der Waals surface area contributed by atoms with Crippen molar-refractivity contribution in [2.45, 2.75) is 38.1 Å². The molecule has 3 atom stereocenters. The first-order chi connectivity index (χ1) is 13.7. The molecule has 0 saturated heterocycles. The van der Waals surface area contributed by atoms with E-state index in [1.54, 1.807) is 13.3 Å². The third kappa shape index (κ3) is 4.26. The molecule has 1 fully saturated rings. The molecule has 28 heavy (non-hydrogen) atoms. The Morgan fingerprint density at radius 3 is 2.71 bits per heavy atom. The van der Waals surface area contributed by atoms with Crippen LogP contribution in [-0.4, -0.2) is 33.9 Å². The van der Waals surface area contributed by atoms with E-state index in [4.69, 9.17) is 4.74 Å². The van der Waals surface area contributed by atoms with Crippen molar-refractivity contribution in [1.82, 2.24) is 14.9 Å². The molecule has 1 heterocycles. The Hall–Kier alpha value is -2.63. The highest BCUT2D eigenvalue weighted by atomic mass is 16.5. The second kappa shape index (κ2) is 8.59. The minimum absolute atomic E-state index is 0.141. The van der Waals surface area contributed by atoms with Gasteiger partial charge in [0.15, 0.2) is 0 Å². The number of nitrogens with one attached hydrogen (secondary N) is 1. The molecule has 1 unspecified atom stereocenters. The summed E-state index contributed by atoms with van der Waals surface area (Å²) in [6.07, 6.45) is 7.16. The molecule has 2 N–H and O–H groups in total. The topological polar surface area (TPSA) is 59.3 Å². The monoisotopic (exact) mass is 377 g/mol. The number of hydrogen-bond acceptors (Lipinski definition) is 4. The van der Waals surface area contributed by atoms with Crippen molar-refractivity contribution < 1.29 is 9.84 Å². The SMILES string of the molecule is COc1ccccc1-c1ccc(CN[C@@H]2CC(Cn3ccnc3)C[C@H]2O)cc1. The summed E-state index contributed by atoms with van der Waals surface area (Å²) in [5.41, 5.74) is 3.45. The first kappa shape index (κ1) is 18.7. The summed E-state index contributed by atoms with van der Waals surface area (Å²) in [6.45, 7) is 1.68. The van der Waals surface area contributed by atoms with Gasteiger partial charge in [-0.25, -0.2) is 4.98 Å². The molecule has 1 aliphatic carbocycles. The Bertz CT molecular complexity index is 877. The maximum atomic E-state index is 10.4. The molecule has 5 heteroatoms. The van der Waals surface area contributed by atoms with Gasteiger partial charge in [-0.15, -0.1) is 0 Å². The van der Waals surface area contributed by atoms with E-state index in [0.717, 1.165) is 42.8 Å². The van der Waals surface area contributed by atoms with Gasteiger partial charge in [-0.05, 0) is 36.0 Å². The Balaban J connectivity index is 1.34. The molecule has 0 spiro atoms. The summed E-state index contributed by atoms with van der Waals surface area (Å²) in [5, 5.41) is 14.0. The van der Waals surface area contributed by atoms with E-state index >= 15 is 0 Å². The highest BCUT2D eigenvalue weighted by Gasteiger charge is 2.32. The van der Waals surface area contributed by atoms with Crippen molar-refractivity contribution in [3.63, 3.8) is 0 Å². The molecule has 1 aliphatic rings. The molecule has 2 aromatic carbocycles. The smallest absolute Gasteiger partial charge is 0.126 e. The minimum atomic E-state index is -0.290. The molecule has 5 nitrogen and oxygen atoms in total. The van der Waals surface area contributed by atoms with Crippen molar-refractivity contribution in [3.05, 3.63) is 72.8 Å². The van der Waals surface area contributed by atoms with Gasteiger partial charge in [-0.2, -0.15) is 0 Å². The Kier molecular flexibility index (Phi) is 5.74. The number of methoxy groups -OCH3 is 1. The standard InChI is InChI=1S/C23H27N3O2/c1-28-23-5-3-2-4-20(23)19-8-6-17(7-9-19)14-25-21-12-18(13-22(21)27)15-26-11-10-24-16-26/h2-11,16,18,21-22,25,27H,12-15H2,1H3/t18?,21-,22-/m1/s1. The van der Waals surface area contributed by atoms with Gasteiger partial charge in [0.2, 0.25) is 0 Å². The van der Waals surface area contributed by atoms with Gasteiger partial charge in [-0.3, -0.25) is 0 Å². The maximum absolute atomic E-state index is 10.4. The van der Waals surface area contributed by atoms with Crippen LogP contribution in [0.1, 0.15) is 18.4 Å². The first-order valence-electron chi connectivity index (χ1n) is 9.82. The zero-order valence-electron chi connectivity index (χ0n) is 16.2. The van der Waals surface area contributed by atoms with E-state index in [-0.39, 0.29) is 12.1 Å². The summed E-state index contributed by atoms with van der Waals surface area (Å²) < 4.78 is 7.55. The van der Waals surface area contributed by atoms with Gasteiger partial charge in [0.05, 0.1) is 19.5 Å². The quantitative estimate of drug-likeness (QED) is 0.662. The van der Waals surface area contributed by atoms with E-state index in [2.05, 4.69) is 45.2 Å². The van der Waals surface area contributed by atoms with Crippen LogP contribution in [0.25, 0.3) is 11.1 Å². The van der Waals surface area contributed by atoms with E-state index < -0.39 is 0 Å². The predicted molar refractivity (Wildman–Crippen MR) is 110 cm³/mol. The van der Waals surface area contributed by atoms with Crippen LogP contribution in [0.3, 0.4) is 0 Å². The van der Waals surface area contributed by atoms with Crippen LogP contribution in [0.15, 0.2) is 67.3 Å². The zero-order chi connectivity index (χ0) is 19.3. The van der Waals surface area contributed by atoms with Gasteiger partial charge in [-0.1, -0.05) is 42.5 Å². The van der Waals surface area contributed by atoms with Crippen LogP contribution in [0.4, 0.5) is 0 Å². The number of aromatic nitrogens is 2. The molecular formula is C23H27N3O2. The van der Waals surface area contributed by atoms with Crippen LogP contribution in [0.5, 0.6) is 5.75 Å². The molecule has 4 rings (SSSR count). The lowest BCUT2D eigenvalue weighted by Gasteiger charge is -2.17. The lowest BCUT2D eigenvalue weighted by molar-refractivity contribution is 0.145. The Morgan fingerprint density at radius 2 is 1.96 bits per heavy atom. The molecule has 1 saturated carbocycles. The molecule has 0 bridgehead atoms. The summed E-state index contributed by atoms with van der Waals surface area (Å²) in [5.74, 6) is 1.36. The minimum Gasteiger partial charge on any atom is -0.496 e. The van der Waals surface area contributed by atoms with Crippen molar-refractivity contribution in [3.8, 4) is 16.9 Å². The van der Waals surface area contributed by atoms with E-state index in [9.17, 15) is 5.11 Å². The zero-order valence-corrected chi connectivity index (χ0v) is 16.2. The molecule has 0 aliphatic heterocycles. The summed E-state index contributed by atoms with van der Waals surface area (Å²) in [7, 11) is 1.70. The number of rotatable bonds is 7. The Morgan fingerprint density at radius 1 is 1.14 bits per heavy atom. The third-order valence-corrected chi connectivity index (χ3v) is 5.60. The van der Waals surface area contributed by atoms with Gasteiger partial charge in [0, 0.05) is 37.1 Å². The number of ether oxygens (including phenoxy) is 1. The molecular weight excluding hydrogens is 350 g/mol. The van der Waals surface area contributed by atoms with E-state index in [1.807, 2.05) is 30.7 Å². The Labute approximate surface area is 166 Å². The summed E-state index contributed by atoms with van der Waals surface area (Å²) in [6, 6.07) is 16.7. The van der Waals surface area contributed by atoms with Crippen molar-refractivity contribution in [2.75, 3.05) is 7.11 Å². The number of hydrogen-bond donors (Lipinski definition) is 2. The second-order valence-electron chi connectivity index (χ2n) is 7.55. The lowest BCUT2D eigenvalue weighted by atomic mass is 10.0. The highest BCUT2D eigenvalue weighted by molar-refractivity contribution is 5.70. The van der Waals surface area contributed by atoms with E-state index in [0.29, 0.717) is 5.92 Å². The fourth-order valence-corrected chi connectivity index (χ4v) is 4.11. The number of para-hydroxylation sites is 1. The highest BCUT2D eigenvalue weighted by Crippen LogP contribution is 2.30. The number of aliphatic hydroxyl groups is 1. The first-order valence-corrected chi connectivity index (χ1v) is 9.82. The van der Waals surface area contributed by atoms with Crippen LogP contribution in [-0.2, 0) is 13.1 Å². The van der Waals surface area contributed by atoms with Crippen LogP contribution in [0, 0.1) is 5.92 Å². The van der Waals surface area contributed by atoms with Gasteiger partial charge in [0.25, 0.3) is 0 Å². The average Bonchev–Trinajstić information content (AvgIpc) is 3.36. The number of benzene rings is 2. The summed E-state index contributed by atoms with van der Waals surface area (Å²) in [4.78, 5) is 4.10. The molecule has 0 amide bonds. The normalized spacial score (nSPS) is 21.7. The van der Waals surface area contributed by atoms with Crippen LogP contribution >= 0.6 is 0 Å². The largest absolute Gasteiger partial charge is 0.496 e. The van der Waals surface area contributed by atoms with Crippen LogP contribution in [0.2, 0.25) is 0 Å². The fraction of sp³-hybridized carbons (Fsp3) is 0.348. The van der Waals surface area contributed by atoms with Crippen molar-refractivity contribution in [2.24, 2.45) is 5.92 Å². The molecule has 1 aromatic heterocycles. The van der Waals surface area contributed by atoms with Gasteiger partial charge in [0.1, 0.15) is 5.75 Å². The molecule has 3 aromatic rings.